The van der Waals surface area contributed by atoms with Crippen molar-refractivity contribution in [2.75, 3.05) is 6.61 Å². The van der Waals surface area contributed by atoms with Crippen LogP contribution in [0.5, 0.6) is 0 Å². The third kappa shape index (κ3) is 2.54. The highest BCUT2D eigenvalue weighted by Gasteiger charge is 2.70. The molecule has 1 aliphatic carbocycles. The summed E-state index contributed by atoms with van der Waals surface area (Å²) in [5.74, 6) is 0.124. The van der Waals surface area contributed by atoms with Crippen LogP contribution in [0.4, 0.5) is 0 Å². The van der Waals surface area contributed by atoms with Crippen LogP contribution in [0, 0.1) is 10.8 Å². The van der Waals surface area contributed by atoms with Gasteiger partial charge in [0, 0.05) is 16.4 Å². The molecule has 0 aromatic rings. The first-order chi connectivity index (χ1) is 11.6. The summed E-state index contributed by atoms with van der Waals surface area (Å²) in [6.07, 6.45) is 1.51. The van der Waals surface area contributed by atoms with Gasteiger partial charge in [0.15, 0.2) is 5.72 Å². The van der Waals surface area contributed by atoms with Crippen LogP contribution in [-0.4, -0.2) is 62.2 Å². The lowest BCUT2D eigenvalue weighted by Gasteiger charge is -2.52. The van der Waals surface area contributed by atoms with Crippen molar-refractivity contribution in [1.82, 2.24) is 10.2 Å². The predicted molar refractivity (Wildman–Crippen MR) is 102 cm³/mol. The maximum Gasteiger partial charge on any atom is 0.159 e. The molecular formula is C18H35N5O3. The van der Waals surface area contributed by atoms with Crippen LogP contribution in [0.1, 0.15) is 48.0 Å². The van der Waals surface area contributed by atoms with Crippen LogP contribution in [-0.2, 0) is 0 Å². The van der Waals surface area contributed by atoms with E-state index in [2.05, 4.69) is 16.9 Å². The van der Waals surface area contributed by atoms with E-state index in [0.29, 0.717) is 6.42 Å². The van der Waals surface area contributed by atoms with Gasteiger partial charge in [-0.05, 0) is 27.2 Å². The molecule has 0 saturated heterocycles. The predicted octanol–water partition coefficient (Wildman–Crippen LogP) is -0.350. The van der Waals surface area contributed by atoms with Crippen LogP contribution in [0.15, 0.2) is 17.4 Å². The third-order valence-corrected chi connectivity index (χ3v) is 7.38. The number of nitrogens with one attached hydrogen (secondary N) is 1. The van der Waals surface area contributed by atoms with E-state index in [4.69, 9.17) is 11.5 Å². The minimum atomic E-state index is -1.47. The highest BCUT2D eigenvalue weighted by Crippen LogP contribution is 2.63. The summed E-state index contributed by atoms with van der Waals surface area (Å²) in [5, 5.41) is 34.7. The number of aliphatic imine (C=N–C) groups is 1. The van der Waals surface area contributed by atoms with Gasteiger partial charge >= 0.3 is 0 Å². The minimum absolute atomic E-state index is 0.124. The molecule has 1 saturated carbocycles. The summed E-state index contributed by atoms with van der Waals surface area (Å²) in [4.78, 5) is 6.31. The monoisotopic (exact) mass is 369 g/mol. The molecule has 0 aromatic heterocycles. The molecule has 8 nitrogen and oxygen atoms in total. The molecule has 1 aliphatic heterocycles. The lowest BCUT2D eigenvalue weighted by Crippen LogP contribution is -2.66. The first kappa shape index (κ1) is 21.0. The number of nitrogens with two attached hydrogens (primary N) is 2. The molecular weight excluding hydrogens is 334 g/mol. The zero-order valence-corrected chi connectivity index (χ0v) is 16.7. The van der Waals surface area contributed by atoms with Gasteiger partial charge in [0.2, 0.25) is 0 Å². The van der Waals surface area contributed by atoms with Crippen LogP contribution in [0.2, 0.25) is 0 Å². The van der Waals surface area contributed by atoms with Crippen molar-refractivity contribution in [2.45, 2.75) is 77.0 Å². The van der Waals surface area contributed by atoms with Gasteiger partial charge in [-0.25, -0.2) is 0 Å². The largest absolute Gasteiger partial charge is 0.396 e. The molecule has 2 rings (SSSR count). The number of aliphatic hydroxyl groups is 3. The van der Waals surface area contributed by atoms with Gasteiger partial charge < -0.3 is 37.0 Å². The van der Waals surface area contributed by atoms with E-state index in [1.807, 2.05) is 32.6 Å². The van der Waals surface area contributed by atoms with Gasteiger partial charge in [0.25, 0.3) is 0 Å². The third-order valence-electron chi connectivity index (χ3n) is 7.38. The molecule has 6 atom stereocenters. The fraction of sp³-hybridized carbons (Fsp3) is 0.833. The number of nitrogens with zero attached hydrogens (tertiary/aromatic N) is 2. The molecule has 0 aromatic carbocycles. The maximum absolute atomic E-state index is 11.3. The Kier molecular flexibility index (Phi) is 4.69. The van der Waals surface area contributed by atoms with E-state index in [1.54, 1.807) is 20.2 Å². The number of hydrogen-bond donors (Lipinski definition) is 6. The van der Waals surface area contributed by atoms with E-state index >= 15 is 0 Å². The molecule has 6 unspecified atom stereocenters. The zero-order chi connectivity index (χ0) is 20.3. The topological polar surface area (TPSA) is 140 Å². The Balaban J connectivity index is 2.41. The average Bonchev–Trinajstić information content (AvgIpc) is 2.91. The van der Waals surface area contributed by atoms with E-state index < -0.39 is 39.9 Å². The van der Waals surface area contributed by atoms with Crippen molar-refractivity contribution >= 4 is 6.34 Å². The summed E-state index contributed by atoms with van der Waals surface area (Å²) >= 11 is 0. The number of aliphatic hydroxyl groups excluding tert-OH is 1. The Morgan fingerprint density at radius 1 is 1.38 bits per heavy atom. The summed E-state index contributed by atoms with van der Waals surface area (Å²) < 4.78 is 0. The van der Waals surface area contributed by atoms with Crippen LogP contribution < -0.4 is 16.8 Å². The highest BCUT2D eigenvalue weighted by molar-refractivity contribution is 5.61. The molecule has 1 heterocycles. The SMILES string of the molecule is C=C(N)NC(C)(O)C1N=CN(C2(C)CC(C)(CO)C(C)(O)C2(C)C)C1N. The van der Waals surface area contributed by atoms with Crippen molar-refractivity contribution < 1.29 is 15.3 Å². The van der Waals surface area contributed by atoms with E-state index in [9.17, 15) is 15.3 Å². The van der Waals surface area contributed by atoms with Crippen molar-refractivity contribution in [2.24, 2.45) is 27.3 Å². The van der Waals surface area contributed by atoms with Gasteiger partial charge in [-0.1, -0.05) is 27.4 Å². The lowest BCUT2D eigenvalue weighted by atomic mass is 9.65. The normalized spacial score (nSPS) is 44.2. The molecule has 0 spiro atoms. The summed E-state index contributed by atoms with van der Waals surface area (Å²) in [5.41, 5.74) is 7.52. The Morgan fingerprint density at radius 3 is 2.35 bits per heavy atom. The molecule has 0 amide bonds. The Labute approximate surface area is 156 Å². The molecule has 26 heavy (non-hydrogen) atoms. The highest BCUT2D eigenvalue weighted by atomic mass is 16.3. The average molecular weight is 370 g/mol. The molecule has 1 fully saturated rings. The van der Waals surface area contributed by atoms with Crippen molar-refractivity contribution in [3.05, 3.63) is 12.4 Å². The van der Waals surface area contributed by atoms with E-state index in [-0.39, 0.29) is 12.4 Å². The summed E-state index contributed by atoms with van der Waals surface area (Å²) in [6.45, 7) is 14.6. The second-order valence-electron chi connectivity index (χ2n) is 9.27. The van der Waals surface area contributed by atoms with Crippen LogP contribution >= 0.6 is 0 Å². The van der Waals surface area contributed by atoms with E-state index in [1.165, 1.54) is 0 Å². The minimum Gasteiger partial charge on any atom is -0.396 e. The fourth-order valence-corrected chi connectivity index (χ4v) is 4.85. The maximum atomic E-state index is 11.3. The molecule has 0 bridgehead atoms. The smallest absolute Gasteiger partial charge is 0.159 e. The van der Waals surface area contributed by atoms with Crippen LogP contribution in [0.3, 0.4) is 0 Å². The van der Waals surface area contributed by atoms with Gasteiger partial charge in [0.1, 0.15) is 12.2 Å². The Morgan fingerprint density at radius 2 is 1.92 bits per heavy atom. The molecule has 2 aliphatic rings. The van der Waals surface area contributed by atoms with Gasteiger partial charge in [-0.2, -0.15) is 0 Å². The number of rotatable bonds is 5. The Bertz CT molecular complexity index is 618. The lowest BCUT2D eigenvalue weighted by molar-refractivity contribution is -0.133. The Hall–Kier alpha value is -1.35. The molecule has 150 valence electrons. The van der Waals surface area contributed by atoms with Gasteiger partial charge in [-0.15, -0.1) is 0 Å². The standard InChI is InChI=1S/C18H35N5O3/c1-11(19)22-17(6,25)12-13(20)23(10-21-12)16(5)8-15(4,9-24)18(7,26)14(16,2)3/h10,12-13,22,24-26H,1,8-9,19-20H2,2-7H3. The summed E-state index contributed by atoms with van der Waals surface area (Å²) in [7, 11) is 0. The van der Waals surface area contributed by atoms with Crippen molar-refractivity contribution in [3.63, 3.8) is 0 Å². The van der Waals surface area contributed by atoms with Gasteiger partial charge in [0.05, 0.1) is 24.4 Å². The second-order valence-corrected chi connectivity index (χ2v) is 9.27. The molecule has 8 heteroatoms. The first-order valence-corrected chi connectivity index (χ1v) is 8.93. The quantitative estimate of drug-likeness (QED) is 0.364. The van der Waals surface area contributed by atoms with Gasteiger partial charge in [-0.3, -0.25) is 4.99 Å². The molecule has 0 radical (unpaired) electrons. The summed E-state index contributed by atoms with van der Waals surface area (Å²) in [6, 6.07) is -0.679. The number of hydrogen-bond acceptors (Lipinski definition) is 8. The van der Waals surface area contributed by atoms with Crippen molar-refractivity contribution in [3.8, 4) is 0 Å². The van der Waals surface area contributed by atoms with Crippen LogP contribution in [0.25, 0.3) is 0 Å². The second kappa shape index (κ2) is 5.82. The van der Waals surface area contributed by atoms with Crippen molar-refractivity contribution in [1.29, 1.82) is 0 Å². The zero-order valence-electron chi connectivity index (χ0n) is 16.7. The van der Waals surface area contributed by atoms with E-state index in [0.717, 1.165) is 0 Å². The first-order valence-electron chi connectivity index (χ1n) is 8.93. The molecule has 8 N–H and O–H groups in total. The fourth-order valence-electron chi connectivity index (χ4n) is 4.85.